The van der Waals surface area contributed by atoms with Crippen LogP contribution >= 0.6 is 0 Å². The van der Waals surface area contributed by atoms with Crippen LogP contribution in [0.1, 0.15) is 37.0 Å². The fraction of sp³-hybridized carbons (Fsp3) is 0.542. The van der Waals surface area contributed by atoms with Gasteiger partial charge >= 0.3 is 0 Å². The molecule has 0 bridgehead atoms. The minimum absolute atomic E-state index is 0.0320. The average Bonchev–Trinajstić information content (AvgIpc) is 3.48. The number of benzene rings is 1. The van der Waals surface area contributed by atoms with Crippen molar-refractivity contribution in [2.75, 3.05) is 46.4 Å². The molecule has 0 radical (unpaired) electrons. The molecule has 0 aliphatic carbocycles. The fourth-order valence-electron chi connectivity index (χ4n) is 4.44. The van der Waals surface area contributed by atoms with E-state index in [4.69, 9.17) is 9.15 Å². The fourth-order valence-corrected chi connectivity index (χ4v) is 5.88. The van der Waals surface area contributed by atoms with Gasteiger partial charge in [0.25, 0.3) is 10.0 Å². The standard InChI is InChI=1S/C24H33N3O5S/c1-31-21-8-5-20(6-9-21)7-11-23(28)26-14-4-13-25(17-18-26)19-22-10-12-24(32-22)33(29,30)27-15-2-3-16-27/h5-6,8-10,12H,2-4,7,11,13-19H2,1H3. The highest BCUT2D eigenvalue weighted by Crippen LogP contribution is 2.23. The van der Waals surface area contributed by atoms with Crippen LogP contribution in [0.3, 0.4) is 0 Å². The first-order valence-corrected chi connectivity index (χ1v) is 13.1. The van der Waals surface area contributed by atoms with Crippen molar-refractivity contribution in [3.63, 3.8) is 0 Å². The van der Waals surface area contributed by atoms with Crippen LogP contribution in [0.25, 0.3) is 0 Å². The van der Waals surface area contributed by atoms with Crippen molar-refractivity contribution in [3.05, 3.63) is 47.7 Å². The van der Waals surface area contributed by atoms with Crippen LogP contribution in [0, 0.1) is 0 Å². The van der Waals surface area contributed by atoms with Gasteiger partial charge in [0.2, 0.25) is 11.0 Å². The lowest BCUT2D eigenvalue weighted by Gasteiger charge is -2.21. The molecule has 0 unspecified atom stereocenters. The molecular weight excluding hydrogens is 442 g/mol. The molecule has 33 heavy (non-hydrogen) atoms. The molecule has 1 aromatic carbocycles. The van der Waals surface area contributed by atoms with Gasteiger partial charge in [0.05, 0.1) is 13.7 Å². The number of ether oxygens (including phenoxy) is 1. The molecule has 2 aliphatic rings. The van der Waals surface area contributed by atoms with Crippen LogP contribution < -0.4 is 4.74 Å². The van der Waals surface area contributed by atoms with Gasteiger partial charge in [-0.15, -0.1) is 0 Å². The first-order valence-electron chi connectivity index (χ1n) is 11.7. The van der Waals surface area contributed by atoms with Crippen LogP contribution in [0.2, 0.25) is 0 Å². The summed E-state index contributed by atoms with van der Waals surface area (Å²) in [6, 6.07) is 11.1. The van der Waals surface area contributed by atoms with Crippen molar-refractivity contribution in [3.8, 4) is 5.75 Å². The second-order valence-corrected chi connectivity index (χ2v) is 10.6. The molecule has 2 aromatic rings. The van der Waals surface area contributed by atoms with Crippen molar-refractivity contribution in [1.82, 2.24) is 14.1 Å². The zero-order valence-corrected chi connectivity index (χ0v) is 20.1. The van der Waals surface area contributed by atoms with Gasteiger partial charge in [0.15, 0.2) is 0 Å². The van der Waals surface area contributed by atoms with Gasteiger partial charge in [-0.2, -0.15) is 4.31 Å². The molecule has 180 valence electrons. The van der Waals surface area contributed by atoms with E-state index in [0.717, 1.165) is 50.2 Å². The van der Waals surface area contributed by atoms with Crippen molar-refractivity contribution >= 4 is 15.9 Å². The molecule has 0 saturated carbocycles. The number of furan rings is 1. The summed E-state index contributed by atoms with van der Waals surface area (Å²) in [5.74, 6) is 1.63. The molecule has 2 saturated heterocycles. The van der Waals surface area contributed by atoms with E-state index in [1.807, 2.05) is 29.2 Å². The monoisotopic (exact) mass is 475 g/mol. The summed E-state index contributed by atoms with van der Waals surface area (Å²) in [5.41, 5.74) is 1.12. The lowest BCUT2D eigenvalue weighted by Crippen LogP contribution is -2.35. The summed E-state index contributed by atoms with van der Waals surface area (Å²) in [5, 5.41) is 0.0320. The summed E-state index contributed by atoms with van der Waals surface area (Å²) in [6.07, 6.45) is 3.88. The predicted octanol–water partition coefficient (Wildman–Crippen LogP) is 2.74. The van der Waals surface area contributed by atoms with E-state index in [1.165, 1.54) is 4.31 Å². The molecule has 0 atom stereocenters. The first-order chi connectivity index (χ1) is 16.0. The second kappa shape index (κ2) is 10.7. The Bertz CT molecular complexity index is 1030. The van der Waals surface area contributed by atoms with Gasteiger partial charge in [0.1, 0.15) is 11.5 Å². The number of carbonyl (C=O) groups excluding carboxylic acids is 1. The maximum atomic E-state index is 12.7. The zero-order chi connectivity index (χ0) is 23.3. The second-order valence-electron chi connectivity index (χ2n) is 8.69. The highest BCUT2D eigenvalue weighted by molar-refractivity contribution is 7.89. The molecule has 1 amide bonds. The maximum Gasteiger partial charge on any atom is 0.276 e. The highest BCUT2D eigenvalue weighted by Gasteiger charge is 2.30. The number of aryl methyl sites for hydroxylation is 1. The minimum Gasteiger partial charge on any atom is -0.497 e. The third-order valence-electron chi connectivity index (χ3n) is 6.40. The minimum atomic E-state index is -3.53. The Kier molecular flexibility index (Phi) is 7.72. The molecule has 1 aromatic heterocycles. The van der Waals surface area contributed by atoms with Gasteiger partial charge in [-0.25, -0.2) is 8.42 Å². The summed E-state index contributed by atoms with van der Waals surface area (Å²) < 4.78 is 37.8. The lowest BCUT2D eigenvalue weighted by atomic mass is 10.1. The van der Waals surface area contributed by atoms with Gasteiger partial charge in [-0.05, 0) is 55.5 Å². The smallest absolute Gasteiger partial charge is 0.276 e. The topological polar surface area (TPSA) is 83.3 Å². The molecular formula is C24H33N3O5S. The van der Waals surface area contributed by atoms with E-state index in [2.05, 4.69) is 4.90 Å². The van der Waals surface area contributed by atoms with E-state index in [9.17, 15) is 13.2 Å². The lowest BCUT2D eigenvalue weighted by molar-refractivity contribution is -0.131. The van der Waals surface area contributed by atoms with Crippen LogP contribution in [-0.4, -0.2) is 74.8 Å². The van der Waals surface area contributed by atoms with E-state index in [-0.39, 0.29) is 11.0 Å². The largest absolute Gasteiger partial charge is 0.497 e. The van der Waals surface area contributed by atoms with E-state index >= 15 is 0 Å². The third kappa shape index (κ3) is 5.96. The highest BCUT2D eigenvalue weighted by atomic mass is 32.2. The van der Waals surface area contributed by atoms with Crippen molar-refractivity contribution in [2.45, 2.75) is 43.7 Å². The van der Waals surface area contributed by atoms with E-state index < -0.39 is 10.0 Å². The molecule has 2 aliphatic heterocycles. The molecule has 3 heterocycles. The van der Waals surface area contributed by atoms with Gasteiger partial charge in [-0.3, -0.25) is 9.69 Å². The molecule has 8 nitrogen and oxygen atoms in total. The number of sulfonamides is 1. The van der Waals surface area contributed by atoms with Crippen molar-refractivity contribution in [2.24, 2.45) is 0 Å². The summed E-state index contributed by atoms with van der Waals surface area (Å²) in [4.78, 5) is 16.9. The number of amides is 1. The number of rotatable bonds is 8. The van der Waals surface area contributed by atoms with E-state index in [0.29, 0.717) is 44.8 Å². The Morgan fingerprint density at radius 3 is 2.42 bits per heavy atom. The Balaban J connectivity index is 1.26. The summed E-state index contributed by atoms with van der Waals surface area (Å²) in [6.45, 7) is 4.66. The molecule has 4 rings (SSSR count). The average molecular weight is 476 g/mol. The zero-order valence-electron chi connectivity index (χ0n) is 19.2. The van der Waals surface area contributed by atoms with Crippen LogP contribution in [-0.2, 0) is 27.8 Å². The number of methoxy groups -OCH3 is 1. The SMILES string of the molecule is COc1ccc(CCC(=O)N2CCCN(Cc3ccc(S(=O)(=O)N4CCCC4)o3)CC2)cc1. The number of carbonyl (C=O) groups is 1. The van der Waals surface area contributed by atoms with Crippen LogP contribution in [0.4, 0.5) is 0 Å². The Labute approximate surface area is 196 Å². The van der Waals surface area contributed by atoms with Crippen LogP contribution in [0.5, 0.6) is 5.75 Å². The van der Waals surface area contributed by atoms with Crippen molar-refractivity contribution in [1.29, 1.82) is 0 Å². The Morgan fingerprint density at radius 1 is 0.939 bits per heavy atom. The first kappa shape index (κ1) is 23.8. The van der Waals surface area contributed by atoms with Gasteiger partial charge in [-0.1, -0.05) is 12.1 Å². The molecule has 2 fully saturated rings. The normalized spacial score (nSPS) is 18.4. The Morgan fingerprint density at radius 2 is 1.70 bits per heavy atom. The van der Waals surface area contributed by atoms with Crippen molar-refractivity contribution < 1.29 is 22.4 Å². The third-order valence-corrected chi connectivity index (χ3v) is 8.18. The number of nitrogens with zero attached hydrogens (tertiary/aromatic N) is 3. The summed E-state index contributed by atoms with van der Waals surface area (Å²) >= 11 is 0. The quantitative estimate of drug-likeness (QED) is 0.584. The van der Waals surface area contributed by atoms with E-state index in [1.54, 1.807) is 19.2 Å². The van der Waals surface area contributed by atoms with Gasteiger partial charge < -0.3 is 14.1 Å². The molecule has 0 N–H and O–H groups in total. The number of hydrogen-bond donors (Lipinski definition) is 0. The van der Waals surface area contributed by atoms with Gasteiger partial charge in [0, 0.05) is 45.7 Å². The van der Waals surface area contributed by atoms with Crippen LogP contribution in [0.15, 0.2) is 45.9 Å². The predicted molar refractivity (Wildman–Crippen MR) is 124 cm³/mol. The summed E-state index contributed by atoms with van der Waals surface area (Å²) in [7, 11) is -1.89. The Hall–Kier alpha value is -2.36. The molecule has 0 spiro atoms. The maximum absolute atomic E-state index is 12.7. The molecule has 9 heteroatoms. The number of hydrogen-bond acceptors (Lipinski definition) is 6.